The maximum absolute atomic E-state index is 14.2. The maximum Gasteiger partial charge on any atom is 0.408 e. The number of phenols is 1. The number of nitrogens with one attached hydrogen (secondary N) is 2. The van der Waals surface area contributed by atoms with E-state index >= 15 is 0 Å². The summed E-state index contributed by atoms with van der Waals surface area (Å²) in [5, 5.41) is 15.6. The third-order valence-corrected chi connectivity index (χ3v) is 6.48. The second-order valence-corrected chi connectivity index (χ2v) is 10.8. The molecule has 8 nitrogen and oxygen atoms in total. The van der Waals surface area contributed by atoms with Crippen molar-refractivity contribution in [3.63, 3.8) is 0 Å². The van der Waals surface area contributed by atoms with Crippen LogP contribution in [0.15, 0.2) is 48.5 Å². The van der Waals surface area contributed by atoms with Gasteiger partial charge in [-0.25, -0.2) is 4.79 Å². The fourth-order valence-corrected chi connectivity index (χ4v) is 4.16. The monoisotopic (exact) mass is 509 g/mol. The van der Waals surface area contributed by atoms with E-state index in [-0.39, 0.29) is 29.5 Å². The van der Waals surface area contributed by atoms with Crippen LogP contribution >= 0.6 is 0 Å². The van der Waals surface area contributed by atoms with Crippen LogP contribution in [0.2, 0.25) is 0 Å². The lowest BCUT2D eigenvalue weighted by Crippen LogP contribution is -2.55. The van der Waals surface area contributed by atoms with E-state index in [9.17, 15) is 19.5 Å². The summed E-state index contributed by atoms with van der Waals surface area (Å²) in [4.78, 5) is 42.3. The molecule has 3 rings (SSSR count). The smallest absolute Gasteiger partial charge is 0.408 e. The van der Waals surface area contributed by atoms with E-state index in [1.54, 1.807) is 37.8 Å². The van der Waals surface area contributed by atoms with Gasteiger partial charge in [0.25, 0.3) is 5.91 Å². The second-order valence-electron chi connectivity index (χ2n) is 10.8. The number of para-hydroxylation sites is 1. The molecule has 0 aromatic heterocycles. The predicted molar refractivity (Wildman–Crippen MR) is 143 cm³/mol. The number of rotatable bonds is 9. The minimum absolute atomic E-state index is 0.0650. The van der Waals surface area contributed by atoms with Crippen molar-refractivity contribution in [2.45, 2.75) is 84.5 Å². The highest BCUT2D eigenvalue weighted by atomic mass is 16.6. The highest BCUT2D eigenvalue weighted by Gasteiger charge is 2.45. The molecular formula is C29H39N3O5. The van der Waals surface area contributed by atoms with Crippen LogP contribution in [0, 0.1) is 12.8 Å². The Kier molecular flexibility index (Phi) is 8.84. The fourth-order valence-electron chi connectivity index (χ4n) is 4.16. The van der Waals surface area contributed by atoms with Gasteiger partial charge in [0.15, 0.2) is 0 Å². The van der Waals surface area contributed by atoms with Crippen LogP contribution in [-0.2, 0) is 14.3 Å². The van der Waals surface area contributed by atoms with Gasteiger partial charge in [-0.1, -0.05) is 50.6 Å². The highest BCUT2D eigenvalue weighted by molar-refractivity contribution is 5.99. The molecule has 37 heavy (non-hydrogen) atoms. The van der Waals surface area contributed by atoms with Crippen LogP contribution in [-0.4, -0.2) is 45.6 Å². The zero-order valence-corrected chi connectivity index (χ0v) is 22.6. The average Bonchev–Trinajstić information content (AvgIpc) is 3.66. The Bertz CT molecular complexity index is 1110. The summed E-state index contributed by atoms with van der Waals surface area (Å²) in [5.74, 6) is -0.822. The molecule has 3 amide bonds. The molecule has 3 unspecified atom stereocenters. The van der Waals surface area contributed by atoms with Gasteiger partial charge in [0, 0.05) is 11.7 Å². The van der Waals surface area contributed by atoms with Crippen molar-refractivity contribution in [1.82, 2.24) is 10.2 Å². The van der Waals surface area contributed by atoms with Crippen LogP contribution < -0.4 is 10.6 Å². The number of aromatic hydroxyl groups is 1. The Labute approximate surface area is 219 Å². The molecule has 0 radical (unpaired) electrons. The quantitative estimate of drug-likeness (QED) is 0.425. The number of amides is 3. The van der Waals surface area contributed by atoms with Crippen LogP contribution in [0.1, 0.15) is 71.0 Å². The summed E-state index contributed by atoms with van der Waals surface area (Å²) in [5.41, 5.74) is 1.41. The van der Waals surface area contributed by atoms with E-state index in [1.165, 1.54) is 12.1 Å². The molecule has 1 aliphatic rings. The zero-order valence-electron chi connectivity index (χ0n) is 22.6. The van der Waals surface area contributed by atoms with Crippen LogP contribution in [0.3, 0.4) is 0 Å². The van der Waals surface area contributed by atoms with Gasteiger partial charge in [0.05, 0.1) is 0 Å². The highest BCUT2D eigenvalue weighted by Crippen LogP contribution is 2.37. The fraction of sp³-hybridized carbons (Fsp3) is 0.483. The summed E-state index contributed by atoms with van der Waals surface area (Å²) in [6, 6.07) is 11.8. The van der Waals surface area contributed by atoms with Crippen LogP contribution in [0.4, 0.5) is 10.5 Å². The van der Waals surface area contributed by atoms with Crippen LogP contribution in [0.5, 0.6) is 5.75 Å². The van der Waals surface area contributed by atoms with E-state index in [0.717, 1.165) is 18.4 Å². The summed E-state index contributed by atoms with van der Waals surface area (Å²) in [6.45, 7) is 11.0. The number of hydrogen-bond donors (Lipinski definition) is 3. The normalized spacial score (nSPS) is 15.7. The second kappa shape index (κ2) is 11.7. The van der Waals surface area contributed by atoms with E-state index in [2.05, 4.69) is 10.6 Å². The summed E-state index contributed by atoms with van der Waals surface area (Å²) < 4.78 is 5.44. The van der Waals surface area contributed by atoms with Crippen LogP contribution in [0.25, 0.3) is 0 Å². The first kappa shape index (κ1) is 28.0. The molecule has 1 aliphatic carbocycles. The van der Waals surface area contributed by atoms with E-state index in [0.29, 0.717) is 17.7 Å². The number of alkyl carbamates (subject to hydrolysis) is 1. The number of carbonyl (C=O) groups excluding carboxylic acids is 3. The first-order chi connectivity index (χ1) is 17.4. The molecule has 0 bridgehead atoms. The van der Waals surface area contributed by atoms with Gasteiger partial charge in [-0.3, -0.25) is 9.59 Å². The molecule has 8 heteroatoms. The number of aryl methyl sites for hydroxylation is 1. The number of benzene rings is 2. The van der Waals surface area contributed by atoms with Crippen molar-refractivity contribution in [3.05, 3.63) is 59.7 Å². The molecular weight excluding hydrogens is 470 g/mol. The maximum atomic E-state index is 14.2. The third kappa shape index (κ3) is 7.47. The standard InChI is InChI=1S/C29H39N3O5/c1-7-18(2)24(31-28(36)37-29(4,5)6)27(35)32(21-14-15-21)25(20-12-16-22(33)17-13-20)26(34)30-23-11-9-8-10-19(23)3/h8-13,16-18,21,24-25,33H,7,14-15H2,1-6H3,(H,30,34)(H,31,36). The van der Waals surface area contributed by atoms with Gasteiger partial charge in [-0.05, 0) is 75.8 Å². The Balaban J connectivity index is 2.00. The van der Waals surface area contributed by atoms with E-state index in [1.807, 2.05) is 45.0 Å². The molecule has 2 aromatic carbocycles. The minimum Gasteiger partial charge on any atom is -0.508 e. The zero-order chi connectivity index (χ0) is 27.3. The molecule has 0 spiro atoms. The summed E-state index contributed by atoms with van der Waals surface area (Å²) >= 11 is 0. The number of phenolic OH excluding ortho intramolecular Hbond substituents is 1. The molecule has 1 saturated carbocycles. The Morgan fingerprint density at radius 1 is 1.08 bits per heavy atom. The van der Waals surface area contributed by atoms with Gasteiger partial charge < -0.3 is 25.4 Å². The first-order valence-corrected chi connectivity index (χ1v) is 12.9. The first-order valence-electron chi connectivity index (χ1n) is 12.9. The number of anilines is 1. The van der Waals surface area contributed by atoms with Gasteiger partial charge in [0.1, 0.15) is 23.4 Å². The Morgan fingerprint density at radius 3 is 2.24 bits per heavy atom. The molecule has 2 aromatic rings. The molecule has 3 atom stereocenters. The van der Waals surface area contributed by atoms with E-state index < -0.39 is 23.8 Å². The van der Waals surface area contributed by atoms with Crippen molar-refractivity contribution in [1.29, 1.82) is 0 Å². The number of nitrogens with zero attached hydrogens (tertiary/aromatic N) is 1. The van der Waals surface area contributed by atoms with E-state index in [4.69, 9.17) is 4.74 Å². The van der Waals surface area contributed by atoms with Crippen molar-refractivity contribution >= 4 is 23.6 Å². The molecule has 0 saturated heterocycles. The lowest BCUT2D eigenvalue weighted by atomic mass is 9.95. The lowest BCUT2D eigenvalue weighted by molar-refractivity contribution is -0.142. The largest absolute Gasteiger partial charge is 0.508 e. The Morgan fingerprint density at radius 2 is 1.70 bits per heavy atom. The summed E-state index contributed by atoms with van der Waals surface area (Å²) in [6.07, 6.45) is 1.49. The Hall–Kier alpha value is -3.55. The average molecular weight is 510 g/mol. The minimum atomic E-state index is -0.952. The molecule has 0 aliphatic heterocycles. The number of ether oxygens (including phenoxy) is 1. The molecule has 1 fully saturated rings. The predicted octanol–water partition coefficient (Wildman–Crippen LogP) is 5.31. The van der Waals surface area contributed by atoms with Crippen molar-refractivity contribution < 1.29 is 24.2 Å². The molecule has 0 heterocycles. The van der Waals surface area contributed by atoms with Gasteiger partial charge in [-0.2, -0.15) is 0 Å². The molecule has 200 valence electrons. The van der Waals surface area contributed by atoms with Gasteiger partial charge >= 0.3 is 6.09 Å². The number of carbonyl (C=O) groups is 3. The summed E-state index contributed by atoms with van der Waals surface area (Å²) in [7, 11) is 0. The SMILES string of the molecule is CCC(C)C(NC(=O)OC(C)(C)C)C(=O)N(C1CC1)C(C(=O)Nc1ccccc1C)c1ccc(O)cc1. The van der Waals surface area contributed by atoms with Crippen molar-refractivity contribution in [2.24, 2.45) is 5.92 Å². The van der Waals surface area contributed by atoms with Gasteiger partial charge in [0.2, 0.25) is 5.91 Å². The molecule has 3 N–H and O–H groups in total. The van der Waals surface area contributed by atoms with Crippen molar-refractivity contribution in [3.8, 4) is 5.75 Å². The lowest BCUT2D eigenvalue weighted by Gasteiger charge is -2.36. The third-order valence-electron chi connectivity index (χ3n) is 6.48. The topological polar surface area (TPSA) is 108 Å². The number of hydrogen-bond acceptors (Lipinski definition) is 5. The van der Waals surface area contributed by atoms with Crippen molar-refractivity contribution in [2.75, 3.05) is 5.32 Å². The van der Waals surface area contributed by atoms with Gasteiger partial charge in [-0.15, -0.1) is 0 Å².